The molecule has 0 aromatic carbocycles. The number of carbonyl (C=O) groups is 1. The van der Waals surface area contributed by atoms with Crippen molar-refractivity contribution >= 4 is 5.97 Å². The van der Waals surface area contributed by atoms with Crippen LogP contribution in [-0.4, -0.2) is 48.3 Å². The zero-order valence-electron chi connectivity index (χ0n) is 9.19. The van der Waals surface area contributed by atoms with Crippen molar-refractivity contribution in [1.29, 1.82) is 0 Å². The Hall–Kier alpha value is -0.610. The molecule has 3 atom stereocenters. The van der Waals surface area contributed by atoms with E-state index in [4.69, 9.17) is 9.84 Å². The first-order valence-corrected chi connectivity index (χ1v) is 5.73. The monoisotopic (exact) mass is 213 g/mol. The van der Waals surface area contributed by atoms with Crippen LogP contribution in [0.3, 0.4) is 0 Å². The van der Waals surface area contributed by atoms with Gasteiger partial charge in [-0.15, -0.1) is 0 Å². The molecule has 2 fully saturated rings. The van der Waals surface area contributed by atoms with E-state index in [1.165, 1.54) is 0 Å². The summed E-state index contributed by atoms with van der Waals surface area (Å²) in [5.74, 6) is -0.523. The van der Waals surface area contributed by atoms with Gasteiger partial charge in [-0.2, -0.15) is 0 Å². The van der Waals surface area contributed by atoms with Gasteiger partial charge in [0.25, 0.3) is 0 Å². The molecule has 2 aliphatic rings. The molecule has 0 radical (unpaired) electrons. The third kappa shape index (κ3) is 2.32. The van der Waals surface area contributed by atoms with Gasteiger partial charge in [0.1, 0.15) is 0 Å². The van der Waals surface area contributed by atoms with Crippen LogP contribution in [0.25, 0.3) is 0 Å². The highest BCUT2D eigenvalue weighted by Crippen LogP contribution is 2.26. The standard InChI is InChI=1S/C11H19NO3/c1-8-6-12(9-3-5-15-7-9)4-2-10(8)11(13)14/h8-10H,2-7H2,1H3,(H,13,14). The van der Waals surface area contributed by atoms with E-state index in [2.05, 4.69) is 4.90 Å². The Balaban J connectivity index is 1.90. The molecule has 0 bridgehead atoms. The number of carboxylic acid groups (broad SMARTS) is 1. The minimum absolute atomic E-state index is 0.149. The van der Waals surface area contributed by atoms with Crippen LogP contribution in [0.5, 0.6) is 0 Å². The Kier molecular flexibility index (Phi) is 3.26. The molecule has 0 aromatic rings. The molecule has 0 aromatic heterocycles. The van der Waals surface area contributed by atoms with E-state index in [1.807, 2.05) is 6.92 Å². The van der Waals surface area contributed by atoms with Crippen molar-refractivity contribution in [2.45, 2.75) is 25.8 Å². The number of ether oxygens (including phenoxy) is 1. The van der Waals surface area contributed by atoms with E-state index in [0.717, 1.165) is 39.1 Å². The smallest absolute Gasteiger partial charge is 0.306 e. The zero-order valence-corrected chi connectivity index (χ0v) is 9.19. The average molecular weight is 213 g/mol. The van der Waals surface area contributed by atoms with E-state index >= 15 is 0 Å². The number of hydrogen-bond donors (Lipinski definition) is 1. The fraction of sp³-hybridized carbons (Fsp3) is 0.909. The molecule has 3 unspecified atom stereocenters. The number of piperidine rings is 1. The lowest BCUT2D eigenvalue weighted by atomic mass is 9.86. The van der Waals surface area contributed by atoms with Gasteiger partial charge in [-0.25, -0.2) is 0 Å². The molecule has 1 N–H and O–H groups in total. The SMILES string of the molecule is CC1CN(C2CCOC2)CCC1C(=O)O. The number of rotatable bonds is 2. The van der Waals surface area contributed by atoms with Gasteiger partial charge in [-0.1, -0.05) is 6.92 Å². The van der Waals surface area contributed by atoms with Crippen molar-refractivity contribution in [2.24, 2.45) is 11.8 Å². The van der Waals surface area contributed by atoms with Crippen molar-refractivity contribution in [1.82, 2.24) is 4.90 Å². The predicted molar refractivity (Wildman–Crippen MR) is 55.7 cm³/mol. The third-order valence-electron chi connectivity index (χ3n) is 3.68. The number of carboxylic acids is 1. The second kappa shape index (κ2) is 4.49. The van der Waals surface area contributed by atoms with Gasteiger partial charge < -0.3 is 9.84 Å². The molecule has 0 amide bonds. The van der Waals surface area contributed by atoms with E-state index in [1.54, 1.807) is 0 Å². The molecule has 2 saturated heterocycles. The Bertz CT molecular complexity index is 238. The lowest BCUT2D eigenvalue weighted by molar-refractivity contribution is -0.145. The highest BCUT2D eigenvalue weighted by atomic mass is 16.5. The maximum absolute atomic E-state index is 10.9. The summed E-state index contributed by atoms with van der Waals surface area (Å²) in [5, 5.41) is 9.02. The molecule has 2 rings (SSSR count). The number of aliphatic carboxylic acids is 1. The van der Waals surface area contributed by atoms with Gasteiger partial charge in [0.15, 0.2) is 0 Å². The largest absolute Gasteiger partial charge is 0.481 e. The van der Waals surface area contributed by atoms with Gasteiger partial charge in [0, 0.05) is 19.2 Å². The quantitative estimate of drug-likeness (QED) is 0.737. The summed E-state index contributed by atoms with van der Waals surface area (Å²) in [6, 6.07) is 0.530. The van der Waals surface area contributed by atoms with Crippen molar-refractivity contribution in [3.05, 3.63) is 0 Å². The van der Waals surface area contributed by atoms with Crippen LogP contribution >= 0.6 is 0 Å². The number of likely N-dealkylation sites (tertiary alicyclic amines) is 1. The fourth-order valence-electron chi connectivity index (χ4n) is 2.69. The van der Waals surface area contributed by atoms with Crippen LogP contribution in [0.1, 0.15) is 19.8 Å². The van der Waals surface area contributed by atoms with Gasteiger partial charge in [-0.3, -0.25) is 9.69 Å². The molecule has 86 valence electrons. The maximum atomic E-state index is 10.9. The Morgan fingerprint density at radius 2 is 2.27 bits per heavy atom. The van der Waals surface area contributed by atoms with E-state index in [0.29, 0.717) is 6.04 Å². The number of hydrogen-bond acceptors (Lipinski definition) is 3. The van der Waals surface area contributed by atoms with E-state index in [-0.39, 0.29) is 11.8 Å². The second-order valence-corrected chi connectivity index (χ2v) is 4.72. The molecular weight excluding hydrogens is 194 g/mol. The summed E-state index contributed by atoms with van der Waals surface area (Å²) in [6.07, 6.45) is 1.89. The second-order valence-electron chi connectivity index (χ2n) is 4.72. The first kappa shape index (κ1) is 10.9. The molecule has 4 heteroatoms. The predicted octanol–water partition coefficient (Wildman–Crippen LogP) is 0.818. The van der Waals surface area contributed by atoms with Gasteiger partial charge in [0.2, 0.25) is 0 Å². The summed E-state index contributed by atoms with van der Waals surface area (Å²) in [7, 11) is 0. The van der Waals surface area contributed by atoms with Crippen LogP contribution in [0.15, 0.2) is 0 Å². The molecule has 2 heterocycles. The van der Waals surface area contributed by atoms with E-state index < -0.39 is 5.97 Å². The zero-order chi connectivity index (χ0) is 10.8. The highest BCUT2D eigenvalue weighted by molar-refractivity contribution is 5.70. The first-order chi connectivity index (χ1) is 7.18. The summed E-state index contributed by atoms with van der Waals surface area (Å²) in [6.45, 7) is 5.55. The molecule has 4 nitrogen and oxygen atoms in total. The Morgan fingerprint density at radius 1 is 1.47 bits per heavy atom. The Labute approximate surface area is 90.2 Å². The van der Waals surface area contributed by atoms with Crippen LogP contribution < -0.4 is 0 Å². The topological polar surface area (TPSA) is 49.8 Å². The summed E-state index contributed by atoms with van der Waals surface area (Å²) in [5.41, 5.74) is 0. The lowest BCUT2D eigenvalue weighted by Crippen LogP contribution is -2.47. The van der Waals surface area contributed by atoms with Gasteiger partial charge in [0.05, 0.1) is 12.5 Å². The fourth-order valence-corrected chi connectivity index (χ4v) is 2.69. The molecule has 15 heavy (non-hydrogen) atoms. The minimum Gasteiger partial charge on any atom is -0.481 e. The van der Waals surface area contributed by atoms with Crippen molar-refractivity contribution in [2.75, 3.05) is 26.3 Å². The first-order valence-electron chi connectivity index (χ1n) is 5.73. The highest BCUT2D eigenvalue weighted by Gasteiger charge is 2.34. The van der Waals surface area contributed by atoms with Gasteiger partial charge in [-0.05, 0) is 25.3 Å². The molecule has 0 spiro atoms. The molecule has 2 aliphatic heterocycles. The van der Waals surface area contributed by atoms with Crippen LogP contribution in [0.4, 0.5) is 0 Å². The molecule has 0 aliphatic carbocycles. The Morgan fingerprint density at radius 3 is 2.80 bits per heavy atom. The molecular formula is C11H19NO3. The minimum atomic E-state index is -0.634. The van der Waals surface area contributed by atoms with Crippen LogP contribution in [0, 0.1) is 11.8 Å². The van der Waals surface area contributed by atoms with Crippen molar-refractivity contribution in [3.8, 4) is 0 Å². The summed E-state index contributed by atoms with van der Waals surface area (Å²) < 4.78 is 5.36. The summed E-state index contributed by atoms with van der Waals surface area (Å²) >= 11 is 0. The normalized spacial score (nSPS) is 38.1. The summed E-state index contributed by atoms with van der Waals surface area (Å²) in [4.78, 5) is 13.3. The maximum Gasteiger partial charge on any atom is 0.306 e. The number of nitrogens with zero attached hydrogens (tertiary/aromatic N) is 1. The van der Waals surface area contributed by atoms with Gasteiger partial charge >= 0.3 is 5.97 Å². The van der Waals surface area contributed by atoms with Crippen LogP contribution in [0.2, 0.25) is 0 Å². The molecule has 0 saturated carbocycles. The van der Waals surface area contributed by atoms with Crippen molar-refractivity contribution < 1.29 is 14.6 Å². The van der Waals surface area contributed by atoms with E-state index in [9.17, 15) is 4.79 Å². The lowest BCUT2D eigenvalue weighted by Gasteiger charge is -2.37. The van der Waals surface area contributed by atoms with Crippen molar-refractivity contribution in [3.63, 3.8) is 0 Å². The van der Waals surface area contributed by atoms with Crippen LogP contribution in [-0.2, 0) is 9.53 Å². The third-order valence-corrected chi connectivity index (χ3v) is 3.68. The average Bonchev–Trinajstić information content (AvgIpc) is 2.69.